The summed E-state index contributed by atoms with van der Waals surface area (Å²) in [5.41, 5.74) is 1.56. The SMILES string of the molecule is CCOC(=O)N1CCC(NC(=O)c2csc(Cc3ccc(OC)cc3)n2)CC1. The molecule has 7 nitrogen and oxygen atoms in total. The zero-order chi connectivity index (χ0) is 19.9. The van der Waals surface area contributed by atoms with Crippen LogP contribution < -0.4 is 10.1 Å². The quantitative estimate of drug-likeness (QED) is 0.802. The number of likely N-dealkylation sites (tertiary alicyclic amines) is 1. The molecular formula is C20H25N3O4S. The van der Waals surface area contributed by atoms with Gasteiger partial charge in [0.1, 0.15) is 11.4 Å². The smallest absolute Gasteiger partial charge is 0.409 e. The van der Waals surface area contributed by atoms with Crippen LogP contribution >= 0.6 is 11.3 Å². The maximum atomic E-state index is 12.5. The summed E-state index contributed by atoms with van der Waals surface area (Å²) in [6.45, 7) is 3.34. The van der Waals surface area contributed by atoms with Crippen LogP contribution in [0.3, 0.4) is 0 Å². The zero-order valence-electron chi connectivity index (χ0n) is 16.1. The third kappa shape index (κ3) is 5.22. The van der Waals surface area contributed by atoms with Crippen LogP contribution in [0.5, 0.6) is 5.75 Å². The number of piperidine rings is 1. The van der Waals surface area contributed by atoms with E-state index in [1.54, 1.807) is 24.3 Å². The van der Waals surface area contributed by atoms with E-state index in [-0.39, 0.29) is 18.0 Å². The molecular weight excluding hydrogens is 378 g/mol. The summed E-state index contributed by atoms with van der Waals surface area (Å²) in [7, 11) is 1.64. The van der Waals surface area contributed by atoms with Crippen LogP contribution in [0.4, 0.5) is 4.79 Å². The third-order valence-corrected chi connectivity index (χ3v) is 5.50. The van der Waals surface area contributed by atoms with Crippen molar-refractivity contribution < 1.29 is 19.1 Å². The first-order valence-corrected chi connectivity index (χ1v) is 10.3. The van der Waals surface area contributed by atoms with Crippen LogP contribution in [0.25, 0.3) is 0 Å². The number of carbonyl (C=O) groups is 2. The Morgan fingerprint density at radius 3 is 2.61 bits per heavy atom. The van der Waals surface area contributed by atoms with E-state index in [1.165, 1.54) is 11.3 Å². The molecule has 2 aromatic rings. The first kappa shape index (κ1) is 20.1. The maximum absolute atomic E-state index is 12.5. The van der Waals surface area contributed by atoms with Gasteiger partial charge in [0, 0.05) is 30.9 Å². The Bertz CT molecular complexity index is 798. The van der Waals surface area contributed by atoms with Crippen molar-refractivity contribution in [2.45, 2.75) is 32.2 Å². The largest absolute Gasteiger partial charge is 0.497 e. The summed E-state index contributed by atoms with van der Waals surface area (Å²) in [6, 6.07) is 7.87. The number of nitrogens with one attached hydrogen (secondary N) is 1. The molecule has 1 N–H and O–H groups in total. The number of hydrogen-bond acceptors (Lipinski definition) is 6. The molecule has 0 bridgehead atoms. The van der Waals surface area contributed by atoms with Gasteiger partial charge in [-0.1, -0.05) is 12.1 Å². The number of ether oxygens (including phenoxy) is 2. The van der Waals surface area contributed by atoms with Crippen LogP contribution in [0.2, 0.25) is 0 Å². The van der Waals surface area contributed by atoms with E-state index in [0.717, 1.165) is 16.3 Å². The molecule has 0 radical (unpaired) electrons. The van der Waals surface area contributed by atoms with E-state index < -0.39 is 0 Å². The molecule has 2 amide bonds. The van der Waals surface area contributed by atoms with E-state index in [1.807, 2.05) is 24.3 Å². The standard InChI is InChI=1S/C20H25N3O4S/c1-3-27-20(25)23-10-8-15(9-11-23)21-19(24)17-13-28-18(22-17)12-14-4-6-16(26-2)7-5-14/h4-7,13,15H,3,8-12H2,1-2H3,(H,21,24). The number of benzene rings is 1. The highest BCUT2D eigenvalue weighted by Crippen LogP contribution is 2.18. The molecule has 0 saturated carbocycles. The highest BCUT2D eigenvalue weighted by Gasteiger charge is 2.25. The molecule has 1 aromatic heterocycles. The van der Waals surface area contributed by atoms with Crippen LogP contribution in [-0.4, -0.2) is 54.7 Å². The fourth-order valence-corrected chi connectivity index (χ4v) is 3.90. The van der Waals surface area contributed by atoms with Gasteiger partial charge in [0.05, 0.1) is 18.7 Å². The van der Waals surface area contributed by atoms with E-state index in [9.17, 15) is 9.59 Å². The minimum atomic E-state index is -0.282. The first-order chi connectivity index (χ1) is 13.6. The van der Waals surface area contributed by atoms with Gasteiger partial charge in [-0.25, -0.2) is 9.78 Å². The second kappa shape index (κ2) is 9.54. The number of aromatic nitrogens is 1. The van der Waals surface area contributed by atoms with Gasteiger partial charge in [-0.2, -0.15) is 0 Å². The van der Waals surface area contributed by atoms with Gasteiger partial charge in [0.15, 0.2) is 0 Å². The van der Waals surface area contributed by atoms with Crippen LogP contribution in [-0.2, 0) is 11.2 Å². The fourth-order valence-electron chi connectivity index (χ4n) is 3.09. The molecule has 3 rings (SSSR count). The van der Waals surface area contributed by atoms with Crippen LogP contribution in [0.1, 0.15) is 40.8 Å². The number of methoxy groups -OCH3 is 1. The third-order valence-electron chi connectivity index (χ3n) is 4.65. The predicted octanol–water partition coefficient (Wildman–Crippen LogP) is 3.09. The van der Waals surface area contributed by atoms with Crippen molar-refractivity contribution in [2.24, 2.45) is 0 Å². The number of rotatable bonds is 6. The molecule has 1 fully saturated rings. The lowest BCUT2D eigenvalue weighted by Crippen LogP contribution is -2.46. The number of nitrogens with zero attached hydrogens (tertiary/aromatic N) is 2. The van der Waals surface area contributed by atoms with Crippen LogP contribution in [0.15, 0.2) is 29.6 Å². The molecule has 0 spiro atoms. The van der Waals surface area contributed by atoms with Crippen molar-refractivity contribution in [1.29, 1.82) is 0 Å². The monoisotopic (exact) mass is 403 g/mol. The average Bonchev–Trinajstić information content (AvgIpc) is 3.18. The molecule has 1 aromatic carbocycles. The number of thiazole rings is 1. The van der Waals surface area contributed by atoms with Crippen molar-refractivity contribution in [3.05, 3.63) is 45.9 Å². The molecule has 1 saturated heterocycles. The predicted molar refractivity (Wildman–Crippen MR) is 107 cm³/mol. The minimum Gasteiger partial charge on any atom is -0.497 e. The summed E-state index contributed by atoms with van der Waals surface area (Å²) >= 11 is 1.48. The first-order valence-electron chi connectivity index (χ1n) is 9.39. The van der Waals surface area contributed by atoms with Crippen molar-refractivity contribution in [3.63, 3.8) is 0 Å². The van der Waals surface area contributed by atoms with E-state index in [4.69, 9.17) is 9.47 Å². The van der Waals surface area contributed by atoms with E-state index in [0.29, 0.717) is 44.7 Å². The van der Waals surface area contributed by atoms with Gasteiger partial charge in [-0.15, -0.1) is 11.3 Å². The van der Waals surface area contributed by atoms with Crippen molar-refractivity contribution in [2.75, 3.05) is 26.8 Å². The van der Waals surface area contributed by atoms with Crippen molar-refractivity contribution in [1.82, 2.24) is 15.2 Å². The van der Waals surface area contributed by atoms with Gasteiger partial charge in [0.25, 0.3) is 5.91 Å². The second-order valence-corrected chi connectivity index (χ2v) is 7.53. The summed E-state index contributed by atoms with van der Waals surface area (Å²) in [5, 5.41) is 5.72. The Morgan fingerprint density at radius 2 is 1.96 bits per heavy atom. The summed E-state index contributed by atoms with van der Waals surface area (Å²) in [4.78, 5) is 30.4. The maximum Gasteiger partial charge on any atom is 0.409 e. The molecule has 28 heavy (non-hydrogen) atoms. The Morgan fingerprint density at radius 1 is 1.25 bits per heavy atom. The molecule has 0 aliphatic carbocycles. The Balaban J connectivity index is 1.49. The summed E-state index contributed by atoms with van der Waals surface area (Å²) in [6.07, 6.45) is 1.83. The molecule has 0 atom stereocenters. The minimum absolute atomic E-state index is 0.0462. The lowest BCUT2D eigenvalue weighted by atomic mass is 10.1. The van der Waals surface area contributed by atoms with E-state index in [2.05, 4.69) is 10.3 Å². The van der Waals surface area contributed by atoms with Gasteiger partial charge >= 0.3 is 6.09 Å². The second-order valence-electron chi connectivity index (χ2n) is 6.59. The van der Waals surface area contributed by atoms with Gasteiger partial charge < -0.3 is 19.7 Å². The lowest BCUT2D eigenvalue weighted by molar-refractivity contribution is 0.0857. The normalized spacial score (nSPS) is 14.6. The Kier molecular flexibility index (Phi) is 6.86. The Hall–Kier alpha value is -2.61. The molecule has 150 valence electrons. The highest BCUT2D eigenvalue weighted by molar-refractivity contribution is 7.09. The molecule has 1 aliphatic heterocycles. The van der Waals surface area contributed by atoms with E-state index >= 15 is 0 Å². The van der Waals surface area contributed by atoms with Gasteiger partial charge in [-0.3, -0.25) is 4.79 Å². The van der Waals surface area contributed by atoms with Gasteiger partial charge in [0.2, 0.25) is 0 Å². The average molecular weight is 404 g/mol. The lowest BCUT2D eigenvalue weighted by Gasteiger charge is -2.31. The number of carbonyl (C=O) groups excluding carboxylic acids is 2. The molecule has 0 unspecified atom stereocenters. The fraction of sp³-hybridized carbons (Fsp3) is 0.450. The van der Waals surface area contributed by atoms with Gasteiger partial charge in [-0.05, 0) is 37.5 Å². The molecule has 8 heteroatoms. The molecule has 1 aliphatic rings. The summed E-state index contributed by atoms with van der Waals surface area (Å²) in [5.74, 6) is 0.656. The molecule has 2 heterocycles. The highest BCUT2D eigenvalue weighted by atomic mass is 32.1. The van der Waals surface area contributed by atoms with Crippen molar-refractivity contribution >= 4 is 23.3 Å². The van der Waals surface area contributed by atoms with Crippen molar-refractivity contribution in [3.8, 4) is 5.75 Å². The zero-order valence-corrected chi connectivity index (χ0v) is 17.0. The number of amides is 2. The summed E-state index contributed by atoms with van der Waals surface area (Å²) < 4.78 is 10.2. The number of hydrogen-bond donors (Lipinski definition) is 1. The van der Waals surface area contributed by atoms with Crippen LogP contribution in [0, 0.1) is 0 Å². The topological polar surface area (TPSA) is 80.8 Å². The Labute approximate surface area is 168 Å².